The monoisotopic (exact) mass is 497 g/mol. The van der Waals surface area contributed by atoms with Gasteiger partial charge in [-0.2, -0.15) is 0 Å². The molecule has 0 atom stereocenters. The van der Waals surface area contributed by atoms with Crippen LogP contribution < -0.4 is 0 Å². The Morgan fingerprint density at radius 3 is 2.46 bits per heavy atom. The van der Waals surface area contributed by atoms with E-state index in [2.05, 4.69) is 26.8 Å². The van der Waals surface area contributed by atoms with Crippen molar-refractivity contribution in [3.05, 3.63) is 57.5 Å². The number of ether oxygens (including phenoxy) is 1. The van der Waals surface area contributed by atoms with Crippen molar-refractivity contribution in [2.24, 2.45) is 0 Å². The summed E-state index contributed by atoms with van der Waals surface area (Å²) in [5, 5.41) is 14.1. The molecule has 1 saturated carbocycles. The van der Waals surface area contributed by atoms with Crippen LogP contribution in [0, 0.1) is 13.8 Å². The van der Waals surface area contributed by atoms with Crippen LogP contribution in [-0.4, -0.2) is 36.5 Å². The maximum absolute atomic E-state index is 13.0. The van der Waals surface area contributed by atoms with Crippen LogP contribution in [0.3, 0.4) is 0 Å². The van der Waals surface area contributed by atoms with Crippen LogP contribution in [0.25, 0.3) is 5.69 Å². The topological polar surface area (TPSA) is 86.3 Å². The number of amides is 1. The van der Waals surface area contributed by atoms with Gasteiger partial charge >= 0.3 is 6.09 Å². The van der Waals surface area contributed by atoms with Crippen molar-refractivity contribution in [3.63, 3.8) is 0 Å². The standard InChI is InChI=1S/C26H32ClN5O3/c1-15-16(2)35-30-23(15)17-6-8-18(9-7-17)24-29-28-22-14-31(25(33)34-26(3,4)5)13-19-12-20(27)10-11-21(19)32(22)24/h10-12,17-18H,6-9,13-14H2,1-5H3/t17-,18-. The first kappa shape index (κ1) is 23.9. The maximum Gasteiger partial charge on any atom is 0.411 e. The summed E-state index contributed by atoms with van der Waals surface area (Å²) in [5.41, 5.74) is 3.59. The molecule has 5 rings (SSSR count). The first-order valence-electron chi connectivity index (χ1n) is 12.2. The average Bonchev–Trinajstić information content (AvgIpc) is 3.31. The van der Waals surface area contributed by atoms with Crippen molar-refractivity contribution >= 4 is 17.7 Å². The highest BCUT2D eigenvalue weighted by molar-refractivity contribution is 6.30. The molecular weight excluding hydrogens is 466 g/mol. The van der Waals surface area contributed by atoms with Crippen LogP contribution in [-0.2, 0) is 17.8 Å². The molecule has 1 aliphatic carbocycles. The highest BCUT2D eigenvalue weighted by Crippen LogP contribution is 2.42. The molecule has 0 saturated heterocycles. The molecule has 2 aromatic heterocycles. The Morgan fingerprint density at radius 2 is 1.80 bits per heavy atom. The minimum Gasteiger partial charge on any atom is -0.444 e. The van der Waals surface area contributed by atoms with E-state index in [0.717, 1.165) is 65.6 Å². The molecule has 35 heavy (non-hydrogen) atoms. The van der Waals surface area contributed by atoms with Gasteiger partial charge in [0.25, 0.3) is 0 Å². The molecular formula is C26H32ClN5O3. The fourth-order valence-corrected chi connectivity index (χ4v) is 5.38. The van der Waals surface area contributed by atoms with Crippen molar-refractivity contribution in [2.45, 2.75) is 90.8 Å². The summed E-state index contributed by atoms with van der Waals surface area (Å²) in [4.78, 5) is 14.7. The first-order chi connectivity index (χ1) is 16.6. The zero-order valence-corrected chi connectivity index (χ0v) is 21.7. The number of hydrogen-bond donors (Lipinski definition) is 0. The van der Waals surface area contributed by atoms with Gasteiger partial charge in [-0.15, -0.1) is 10.2 Å². The number of carbonyl (C=O) groups excluding carboxylic acids is 1. The fourth-order valence-electron chi connectivity index (χ4n) is 5.19. The number of fused-ring (bicyclic) bond motifs is 3. The highest BCUT2D eigenvalue weighted by Gasteiger charge is 2.34. The van der Waals surface area contributed by atoms with E-state index in [-0.39, 0.29) is 12.0 Å². The van der Waals surface area contributed by atoms with Crippen molar-refractivity contribution < 1.29 is 14.1 Å². The molecule has 8 nitrogen and oxygen atoms in total. The second-order valence-corrected chi connectivity index (χ2v) is 11.2. The molecule has 3 heterocycles. The summed E-state index contributed by atoms with van der Waals surface area (Å²) >= 11 is 6.35. The van der Waals surface area contributed by atoms with Gasteiger partial charge in [0, 0.05) is 22.4 Å². The predicted molar refractivity (Wildman–Crippen MR) is 132 cm³/mol. The van der Waals surface area contributed by atoms with Crippen LogP contribution in [0.5, 0.6) is 0 Å². The van der Waals surface area contributed by atoms with Crippen molar-refractivity contribution in [1.82, 2.24) is 24.8 Å². The van der Waals surface area contributed by atoms with E-state index >= 15 is 0 Å². The Labute approximate surface area is 210 Å². The molecule has 9 heteroatoms. The lowest BCUT2D eigenvalue weighted by Gasteiger charge is -2.27. The summed E-state index contributed by atoms with van der Waals surface area (Å²) in [6.07, 6.45) is 3.66. The number of carbonyl (C=O) groups is 1. The van der Waals surface area contributed by atoms with Crippen molar-refractivity contribution in [3.8, 4) is 5.69 Å². The lowest BCUT2D eigenvalue weighted by Crippen LogP contribution is -2.35. The molecule has 2 aliphatic rings. The van der Waals surface area contributed by atoms with Gasteiger partial charge in [-0.3, -0.25) is 9.47 Å². The van der Waals surface area contributed by atoms with Crippen LogP contribution >= 0.6 is 11.6 Å². The quantitative estimate of drug-likeness (QED) is 0.418. The van der Waals surface area contributed by atoms with Gasteiger partial charge in [0.2, 0.25) is 0 Å². The van der Waals surface area contributed by atoms with Gasteiger partial charge in [-0.25, -0.2) is 4.79 Å². The minimum absolute atomic E-state index is 0.275. The lowest BCUT2D eigenvalue weighted by molar-refractivity contribution is 0.0214. The van der Waals surface area contributed by atoms with Gasteiger partial charge in [0.15, 0.2) is 5.82 Å². The van der Waals surface area contributed by atoms with E-state index in [1.165, 1.54) is 0 Å². The predicted octanol–water partition coefficient (Wildman–Crippen LogP) is 6.22. The second kappa shape index (κ2) is 8.97. The maximum atomic E-state index is 13.0. The zero-order valence-electron chi connectivity index (χ0n) is 21.0. The van der Waals surface area contributed by atoms with Crippen molar-refractivity contribution in [2.75, 3.05) is 0 Å². The van der Waals surface area contributed by atoms with E-state index in [1.54, 1.807) is 4.90 Å². The molecule has 0 N–H and O–H groups in total. The molecule has 0 spiro atoms. The second-order valence-electron chi connectivity index (χ2n) is 10.7. The van der Waals surface area contributed by atoms with Crippen LogP contribution in [0.1, 0.15) is 92.5 Å². The average molecular weight is 498 g/mol. The summed E-state index contributed by atoms with van der Waals surface area (Å²) in [7, 11) is 0. The van der Waals surface area contributed by atoms with Gasteiger partial charge in [-0.1, -0.05) is 16.8 Å². The van der Waals surface area contributed by atoms with Crippen LogP contribution in [0.4, 0.5) is 4.79 Å². The number of rotatable bonds is 2. The van der Waals surface area contributed by atoms with Gasteiger partial charge in [0.1, 0.15) is 17.2 Å². The Bertz CT molecular complexity index is 1250. The smallest absolute Gasteiger partial charge is 0.411 e. The zero-order chi connectivity index (χ0) is 24.9. The SMILES string of the molecule is Cc1onc([C@H]2CC[C@H](c3nnc4n3-c3ccc(Cl)cc3CN(C(=O)OC(C)(C)C)C4)CC2)c1C. The summed E-state index contributed by atoms with van der Waals surface area (Å²) in [6.45, 7) is 10.4. The molecule has 1 aliphatic heterocycles. The van der Waals surface area contributed by atoms with E-state index in [9.17, 15) is 4.79 Å². The molecule has 1 aromatic carbocycles. The molecule has 1 fully saturated rings. The Balaban J connectivity index is 1.44. The number of halogens is 1. The largest absolute Gasteiger partial charge is 0.444 e. The molecule has 3 aromatic rings. The summed E-state index contributed by atoms with van der Waals surface area (Å²) in [5.74, 6) is 3.26. The number of hydrogen-bond acceptors (Lipinski definition) is 6. The molecule has 0 bridgehead atoms. The van der Waals surface area contributed by atoms with Crippen LogP contribution in [0.2, 0.25) is 5.02 Å². The van der Waals surface area contributed by atoms with Gasteiger partial charge in [-0.05, 0) is 84.1 Å². The molecule has 186 valence electrons. The third kappa shape index (κ3) is 4.68. The molecule has 1 amide bonds. The minimum atomic E-state index is -0.585. The molecule has 0 unspecified atom stereocenters. The van der Waals surface area contributed by atoms with Gasteiger partial charge < -0.3 is 9.26 Å². The van der Waals surface area contributed by atoms with E-state index < -0.39 is 5.60 Å². The van der Waals surface area contributed by atoms with Crippen LogP contribution in [0.15, 0.2) is 22.7 Å². The number of aromatic nitrogens is 4. The Morgan fingerprint density at radius 1 is 1.09 bits per heavy atom. The summed E-state index contributed by atoms with van der Waals surface area (Å²) in [6, 6.07) is 5.79. The van der Waals surface area contributed by atoms with Gasteiger partial charge in [0.05, 0.1) is 24.5 Å². The van der Waals surface area contributed by atoms with E-state index in [1.807, 2.05) is 45.9 Å². The number of aryl methyl sites for hydroxylation is 1. The normalized spacial score (nSPS) is 20.2. The van der Waals surface area contributed by atoms with Crippen molar-refractivity contribution in [1.29, 1.82) is 0 Å². The van der Waals surface area contributed by atoms with E-state index in [0.29, 0.717) is 24.0 Å². The number of nitrogens with zero attached hydrogens (tertiary/aromatic N) is 5. The number of benzene rings is 1. The highest BCUT2D eigenvalue weighted by atomic mass is 35.5. The fraction of sp³-hybridized carbons (Fsp3) is 0.538. The summed E-state index contributed by atoms with van der Waals surface area (Å²) < 4.78 is 13.2. The lowest BCUT2D eigenvalue weighted by atomic mass is 9.79. The third-order valence-corrected chi connectivity index (χ3v) is 7.29. The Hall–Kier alpha value is -2.87. The molecule has 0 radical (unpaired) electrons. The Kier molecular flexibility index (Phi) is 6.11. The van der Waals surface area contributed by atoms with E-state index in [4.69, 9.17) is 20.9 Å². The first-order valence-corrected chi connectivity index (χ1v) is 12.6. The third-order valence-electron chi connectivity index (χ3n) is 7.05.